The van der Waals surface area contributed by atoms with E-state index >= 15 is 0 Å². The lowest BCUT2D eigenvalue weighted by molar-refractivity contribution is 0.0981. The number of aryl methyl sites for hydroxylation is 2. The molecule has 190 valence electrons. The summed E-state index contributed by atoms with van der Waals surface area (Å²) < 4.78 is 35.1. The second kappa shape index (κ2) is 10.3. The van der Waals surface area contributed by atoms with E-state index in [4.69, 9.17) is 9.84 Å². The molecule has 0 aliphatic rings. The molecular formula is C27H25N3O6S. The number of rotatable bonds is 7. The van der Waals surface area contributed by atoms with Crippen molar-refractivity contribution < 1.29 is 27.9 Å². The number of nitrogens with one attached hydrogen (secondary N) is 1. The minimum atomic E-state index is -4.04. The van der Waals surface area contributed by atoms with E-state index in [9.17, 15) is 18.0 Å². The van der Waals surface area contributed by atoms with Crippen molar-refractivity contribution >= 4 is 39.1 Å². The molecule has 37 heavy (non-hydrogen) atoms. The predicted molar refractivity (Wildman–Crippen MR) is 140 cm³/mol. The third-order valence-corrected chi connectivity index (χ3v) is 7.45. The standard InChI is InChI=1S/C27H25N3O6S/c1-17-6-4-5-7-25(17)37(34,35)29-26(31)20-10-9-19(24(14-20)36-3)13-21-16-30(2)23-11-8-18(12-22(21)23)15-28-27(32)33/h4-12,14-16H,13H2,1-3H3,(H,29,31)(H,32,33). The van der Waals surface area contributed by atoms with E-state index in [1.165, 1.54) is 25.5 Å². The van der Waals surface area contributed by atoms with Gasteiger partial charge in [0.2, 0.25) is 0 Å². The summed E-state index contributed by atoms with van der Waals surface area (Å²) in [5, 5.41) is 9.74. The van der Waals surface area contributed by atoms with Crippen LogP contribution < -0.4 is 9.46 Å². The number of aromatic nitrogens is 1. The molecule has 2 N–H and O–H groups in total. The number of sulfonamides is 1. The molecule has 0 atom stereocenters. The summed E-state index contributed by atoms with van der Waals surface area (Å²) in [5.74, 6) is -0.331. The van der Waals surface area contributed by atoms with Gasteiger partial charge in [-0.15, -0.1) is 0 Å². The van der Waals surface area contributed by atoms with Gasteiger partial charge in [0.15, 0.2) is 0 Å². The molecule has 9 nitrogen and oxygen atoms in total. The highest BCUT2D eigenvalue weighted by atomic mass is 32.2. The van der Waals surface area contributed by atoms with Crippen LogP contribution in [0.25, 0.3) is 10.9 Å². The largest absolute Gasteiger partial charge is 0.496 e. The number of carbonyl (C=O) groups is 2. The van der Waals surface area contributed by atoms with Gasteiger partial charge in [0.25, 0.3) is 15.9 Å². The Balaban J connectivity index is 1.62. The second-order valence-corrected chi connectivity index (χ2v) is 10.1. The van der Waals surface area contributed by atoms with Crippen molar-refractivity contribution in [2.45, 2.75) is 18.2 Å². The smallest absolute Gasteiger partial charge is 0.431 e. The molecular weight excluding hydrogens is 494 g/mol. The number of methoxy groups -OCH3 is 1. The summed E-state index contributed by atoms with van der Waals surface area (Å²) in [5.41, 5.74) is 4.03. The molecule has 0 unspecified atom stereocenters. The number of hydrogen-bond donors (Lipinski definition) is 2. The number of carboxylic acid groups (broad SMARTS) is 1. The van der Waals surface area contributed by atoms with E-state index in [1.807, 2.05) is 29.9 Å². The maximum Gasteiger partial charge on any atom is 0.431 e. The number of benzene rings is 3. The van der Waals surface area contributed by atoms with Crippen molar-refractivity contribution in [1.29, 1.82) is 0 Å². The number of nitrogens with zero attached hydrogens (tertiary/aromatic N) is 2. The van der Waals surface area contributed by atoms with E-state index in [0.29, 0.717) is 23.3 Å². The Labute approximate surface area is 214 Å². The summed E-state index contributed by atoms with van der Waals surface area (Å²) in [4.78, 5) is 27.0. The first-order valence-corrected chi connectivity index (χ1v) is 12.7. The normalized spacial score (nSPS) is 11.6. The van der Waals surface area contributed by atoms with Gasteiger partial charge in [-0.3, -0.25) is 4.79 Å². The van der Waals surface area contributed by atoms with E-state index in [-0.39, 0.29) is 10.5 Å². The first kappa shape index (κ1) is 25.6. The second-order valence-electron chi connectivity index (χ2n) is 8.49. The number of carbonyl (C=O) groups excluding carboxylic acids is 1. The molecule has 1 heterocycles. The third kappa shape index (κ3) is 5.54. The molecule has 0 radical (unpaired) electrons. The van der Waals surface area contributed by atoms with E-state index in [2.05, 4.69) is 9.71 Å². The van der Waals surface area contributed by atoms with Crippen molar-refractivity contribution in [3.63, 3.8) is 0 Å². The zero-order chi connectivity index (χ0) is 26.7. The van der Waals surface area contributed by atoms with Crippen LogP contribution in [-0.4, -0.2) is 43.4 Å². The molecule has 0 saturated carbocycles. The van der Waals surface area contributed by atoms with Crippen LogP contribution in [0.15, 0.2) is 76.7 Å². The van der Waals surface area contributed by atoms with Crippen LogP contribution in [0.2, 0.25) is 0 Å². The molecule has 2 amide bonds. The summed E-state index contributed by atoms with van der Waals surface area (Å²) in [7, 11) is -0.650. The zero-order valence-corrected chi connectivity index (χ0v) is 21.2. The van der Waals surface area contributed by atoms with Crippen LogP contribution in [-0.2, 0) is 23.5 Å². The topological polar surface area (TPSA) is 127 Å². The van der Waals surface area contributed by atoms with Crippen molar-refractivity contribution in [3.8, 4) is 5.75 Å². The van der Waals surface area contributed by atoms with Gasteiger partial charge in [-0.1, -0.05) is 30.3 Å². The van der Waals surface area contributed by atoms with Crippen molar-refractivity contribution in [2.75, 3.05) is 7.11 Å². The summed E-state index contributed by atoms with van der Waals surface area (Å²) in [6.07, 6.45) is 2.45. The fourth-order valence-corrected chi connectivity index (χ4v) is 5.39. The van der Waals surface area contributed by atoms with Crippen LogP contribution in [0.3, 0.4) is 0 Å². The van der Waals surface area contributed by atoms with Gasteiger partial charge in [0, 0.05) is 42.3 Å². The Kier molecular flexibility index (Phi) is 7.12. The van der Waals surface area contributed by atoms with Crippen LogP contribution in [0.5, 0.6) is 5.75 Å². The highest BCUT2D eigenvalue weighted by Gasteiger charge is 2.21. The minimum absolute atomic E-state index is 0.0376. The lowest BCUT2D eigenvalue weighted by Crippen LogP contribution is -2.31. The van der Waals surface area contributed by atoms with E-state index < -0.39 is 22.0 Å². The maximum absolute atomic E-state index is 12.8. The Morgan fingerprint density at radius 3 is 2.54 bits per heavy atom. The first-order valence-electron chi connectivity index (χ1n) is 11.2. The monoisotopic (exact) mass is 519 g/mol. The molecule has 10 heteroatoms. The molecule has 0 fully saturated rings. The Hall–Kier alpha value is -4.44. The molecule has 0 bridgehead atoms. The molecule has 0 spiro atoms. The van der Waals surface area contributed by atoms with Crippen molar-refractivity contribution in [3.05, 3.63) is 94.7 Å². The number of hydrogen-bond acceptors (Lipinski definition) is 5. The maximum atomic E-state index is 12.8. The van der Waals surface area contributed by atoms with E-state index in [1.54, 1.807) is 43.3 Å². The number of aliphatic imine (C=N–C) groups is 1. The van der Waals surface area contributed by atoms with Gasteiger partial charge in [0.1, 0.15) is 5.75 Å². The Bertz CT molecular complexity index is 1650. The first-order chi connectivity index (χ1) is 17.6. The average molecular weight is 520 g/mol. The molecule has 1 aromatic heterocycles. The average Bonchev–Trinajstić information content (AvgIpc) is 3.17. The minimum Gasteiger partial charge on any atom is -0.496 e. The molecule has 4 aromatic rings. The van der Waals surface area contributed by atoms with Gasteiger partial charge >= 0.3 is 6.09 Å². The van der Waals surface area contributed by atoms with Gasteiger partial charge in [-0.25, -0.2) is 17.9 Å². The van der Waals surface area contributed by atoms with Crippen molar-refractivity contribution in [2.24, 2.45) is 12.0 Å². The fourth-order valence-electron chi connectivity index (χ4n) is 4.17. The molecule has 4 rings (SSSR count). The van der Waals surface area contributed by atoms with Crippen LogP contribution >= 0.6 is 0 Å². The highest BCUT2D eigenvalue weighted by Crippen LogP contribution is 2.29. The lowest BCUT2D eigenvalue weighted by atomic mass is 10.0. The fraction of sp³-hybridized carbons (Fsp3) is 0.148. The lowest BCUT2D eigenvalue weighted by Gasteiger charge is -2.12. The van der Waals surface area contributed by atoms with E-state index in [0.717, 1.165) is 22.0 Å². The SMILES string of the molecule is COc1cc(C(=O)NS(=O)(=O)c2ccccc2C)ccc1Cc1cn(C)c2ccc(C=NC(=O)O)cc12. The van der Waals surface area contributed by atoms with Crippen molar-refractivity contribution in [1.82, 2.24) is 9.29 Å². The zero-order valence-electron chi connectivity index (χ0n) is 20.4. The summed E-state index contributed by atoms with van der Waals surface area (Å²) in [6, 6.07) is 16.7. The predicted octanol–water partition coefficient (Wildman–Crippen LogP) is 4.30. The summed E-state index contributed by atoms with van der Waals surface area (Å²) in [6.45, 7) is 1.66. The number of ether oxygens (including phenoxy) is 1. The molecule has 3 aromatic carbocycles. The van der Waals surface area contributed by atoms with Gasteiger partial charge in [-0.05, 0) is 59.5 Å². The highest BCUT2D eigenvalue weighted by molar-refractivity contribution is 7.90. The summed E-state index contributed by atoms with van der Waals surface area (Å²) >= 11 is 0. The third-order valence-electron chi connectivity index (χ3n) is 5.96. The van der Waals surface area contributed by atoms with Gasteiger partial charge < -0.3 is 14.4 Å². The number of fused-ring (bicyclic) bond motifs is 1. The molecule has 0 saturated heterocycles. The van der Waals surface area contributed by atoms with Crippen LogP contribution in [0.1, 0.15) is 32.6 Å². The van der Waals surface area contributed by atoms with Crippen LogP contribution in [0, 0.1) is 6.92 Å². The van der Waals surface area contributed by atoms with Crippen LogP contribution in [0.4, 0.5) is 4.79 Å². The Morgan fingerprint density at radius 1 is 1.08 bits per heavy atom. The molecule has 0 aliphatic heterocycles. The van der Waals surface area contributed by atoms with Gasteiger partial charge in [0.05, 0.1) is 12.0 Å². The van der Waals surface area contributed by atoms with Gasteiger partial charge in [-0.2, -0.15) is 4.99 Å². The molecule has 0 aliphatic carbocycles. The Morgan fingerprint density at radius 2 is 1.84 bits per heavy atom. The number of amides is 2. The quantitative estimate of drug-likeness (QED) is 0.351.